The third kappa shape index (κ3) is 8.05. The number of fused-ring (bicyclic) bond motifs is 1. The summed E-state index contributed by atoms with van der Waals surface area (Å²) in [5, 5.41) is 14.3. The number of pyridine rings is 2. The molecule has 0 bridgehead atoms. The topological polar surface area (TPSA) is 125 Å². The van der Waals surface area contributed by atoms with Gasteiger partial charge in [-0.05, 0) is 92.9 Å². The van der Waals surface area contributed by atoms with Crippen LogP contribution in [0.4, 0.5) is 0 Å². The van der Waals surface area contributed by atoms with Crippen molar-refractivity contribution < 1.29 is 14.6 Å². The van der Waals surface area contributed by atoms with Gasteiger partial charge in [-0.3, -0.25) is 48.1 Å². The van der Waals surface area contributed by atoms with Gasteiger partial charge in [-0.2, -0.15) is 0 Å². The Bertz CT molecular complexity index is 2600. The number of hydrogen-bond donors (Lipinski definition) is 1. The first kappa shape index (κ1) is 40.6. The molecule has 13 nitrogen and oxygen atoms in total. The molecule has 1 N–H and O–H groups in total. The highest BCUT2D eigenvalue weighted by Crippen LogP contribution is 2.42. The average molecular weight is 830 g/mol. The quantitative estimate of drug-likeness (QED) is 0.131. The number of piperidine rings is 1. The van der Waals surface area contributed by atoms with Gasteiger partial charge in [0.2, 0.25) is 5.88 Å². The zero-order chi connectivity index (χ0) is 41.5. The predicted octanol–water partition coefficient (Wildman–Crippen LogP) is 3.62. The van der Waals surface area contributed by atoms with Crippen LogP contribution in [0.1, 0.15) is 44.1 Å². The van der Waals surface area contributed by atoms with Gasteiger partial charge < -0.3 is 14.6 Å². The van der Waals surface area contributed by atoms with Gasteiger partial charge in [0.25, 0.3) is 16.7 Å². The molecule has 7 aliphatic rings. The molecule has 6 heterocycles. The molecule has 1 atom stereocenters. The largest absolute Gasteiger partial charge is 0.494 e. The molecule has 0 saturated carbocycles. The van der Waals surface area contributed by atoms with Crippen molar-refractivity contribution in [2.75, 3.05) is 105 Å². The maximum atomic E-state index is 15.0. The van der Waals surface area contributed by atoms with Gasteiger partial charge in [0.15, 0.2) is 0 Å². The number of morpholine rings is 2. The number of nitrogens with zero attached hydrogens (tertiary/aromatic N) is 7. The monoisotopic (exact) mass is 829 g/mol. The standard InChI is InChI=1S/C48H59N7O6/c56-45-38-29-37(35-7-5-33(6-8-35)31-52-13-1-2-14-52)43-41-39(46(57)54(47(43)58)17-3-15-50-21-25-60-26-22-50)30-40(49-12-20-53-19-11-34-9-10-36(34)32-53)44(42(38)41)48(59)55(45)18-4-16-51-23-27-61-28-24-51/h5-8,10,29-30,34,56H,1-4,9,11-28,31-32H2. The fourth-order valence-electron chi connectivity index (χ4n) is 10.6. The summed E-state index contributed by atoms with van der Waals surface area (Å²) in [6, 6.07) is 12.0. The van der Waals surface area contributed by atoms with Crippen LogP contribution in [0.2, 0.25) is 0 Å². The van der Waals surface area contributed by atoms with Crippen LogP contribution in [-0.2, 0) is 29.1 Å². The Morgan fingerprint density at radius 1 is 0.656 bits per heavy atom. The fourth-order valence-corrected chi connectivity index (χ4v) is 10.6. The summed E-state index contributed by atoms with van der Waals surface area (Å²) in [5.41, 5.74) is 3.87. The molecule has 0 radical (unpaired) electrons. The Labute approximate surface area is 356 Å². The summed E-state index contributed by atoms with van der Waals surface area (Å²) >= 11 is 0. The van der Waals surface area contributed by atoms with Crippen molar-refractivity contribution in [2.24, 2.45) is 10.9 Å². The van der Waals surface area contributed by atoms with E-state index in [2.05, 4.69) is 49.9 Å². The molecule has 2 aliphatic carbocycles. The lowest BCUT2D eigenvalue weighted by atomic mass is 9.79. The van der Waals surface area contributed by atoms with E-state index < -0.39 is 0 Å². The Hall–Kier alpha value is -4.50. The molecule has 4 saturated heterocycles. The first-order valence-electron chi connectivity index (χ1n) is 22.8. The summed E-state index contributed by atoms with van der Waals surface area (Å²) in [6.45, 7) is 14.3. The molecule has 61 heavy (non-hydrogen) atoms. The number of hydrogen-bond acceptors (Lipinski definition) is 11. The summed E-state index contributed by atoms with van der Waals surface area (Å²) in [5.74, 6) is 0.573. The van der Waals surface area contributed by atoms with Crippen LogP contribution in [0.25, 0.3) is 43.8 Å². The number of aromatic hydroxyl groups is 1. The molecule has 4 fully saturated rings. The van der Waals surface area contributed by atoms with Crippen molar-refractivity contribution in [3.8, 4) is 28.1 Å². The van der Waals surface area contributed by atoms with Crippen LogP contribution < -0.4 is 22.0 Å². The molecule has 5 aliphatic heterocycles. The van der Waals surface area contributed by atoms with Gasteiger partial charge in [0, 0.05) is 88.3 Å². The minimum atomic E-state index is -0.384. The van der Waals surface area contributed by atoms with E-state index >= 15 is 0 Å². The second-order valence-electron chi connectivity index (χ2n) is 17.9. The van der Waals surface area contributed by atoms with Gasteiger partial charge in [-0.25, -0.2) is 0 Å². The highest BCUT2D eigenvalue weighted by Gasteiger charge is 2.31. The molecule has 1 unspecified atom stereocenters. The SMILES string of the molecule is O=c1c2c(=NCCN3CCC4CC=C4C3)cc3c(=O)n(CCCN4CCOCC4)c(=O)c4c(-c5ccc(CN6CCCC6)cc5)cc(c(O)n1CCCN1CCOCC1)c2c4-3. The van der Waals surface area contributed by atoms with Crippen LogP contribution in [0.15, 0.2) is 67.4 Å². The van der Waals surface area contributed by atoms with Crippen LogP contribution in [0.3, 0.4) is 0 Å². The van der Waals surface area contributed by atoms with Crippen LogP contribution in [0, 0.1) is 5.92 Å². The number of likely N-dealkylation sites (tertiary alicyclic amines) is 2. The first-order valence-corrected chi connectivity index (χ1v) is 22.8. The zero-order valence-corrected chi connectivity index (χ0v) is 35.4. The molecule has 1 aromatic heterocycles. The second-order valence-corrected chi connectivity index (χ2v) is 17.9. The molecule has 0 spiro atoms. The second kappa shape index (κ2) is 17.7. The molecule has 2 aromatic carbocycles. The molecule has 3 aromatic rings. The van der Waals surface area contributed by atoms with Crippen molar-refractivity contribution in [3.63, 3.8) is 0 Å². The number of aromatic nitrogens is 2. The highest BCUT2D eigenvalue weighted by molar-refractivity contribution is 6.19. The van der Waals surface area contributed by atoms with E-state index in [1.807, 2.05) is 6.07 Å². The molecular formula is C48H59N7O6. The summed E-state index contributed by atoms with van der Waals surface area (Å²) in [6.07, 6.45) is 8.40. The maximum absolute atomic E-state index is 15.0. The summed E-state index contributed by atoms with van der Waals surface area (Å²) in [7, 11) is 0. The van der Waals surface area contributed by atoms with Crippen LogP contribution in [0.5, 0.6) is 5.88 Å². The fraction of sp³-hybridized carbons (Fsp3) is 0.542. The molecular weight excluding hydrogens is 771 g/mol. The summed E-state index contributed by atoms with van der Waals surface area (Å²) < 4.78 is 14.0. The van der Waals surface area contributed by atoms with E-state index in [1.165, 1.54) is 39.5 Å². The Kier molecular flexibility index (Phi) is 11.8. The van der Waals surface area contributed by atoms with Gasteiger partial charge in [-0.1, -0.05) is 35.9 Å². The zero-order valence-electron chi connectivity index (χ0n) is 35.4. The lowest BCUT2D eigenvalue weighted by molar-refractivity contribution is 0.0368. The lowest BCUT2D eigenvalue weighted by Crippen LogP contribution is -2.40. The van der Waals surface area contributed by atoms with E-state index in [1.54, 1.807) is 6.07 Å². The van der Waals surface area contributed by atoms with E-state index in [9.17, 15) is 19.5 Å². The third-order valence-electron chi connectivity index (χ3n) is 14.2. The number of rotatable bonds is 14. The highest BCUT2D eigenvalue weighted by atomic mass is 16.5. The number of allylic oxidation sites excluding steroid dienone is 1. The average Bonchev–Trinajstić information content (AvgIpc) is 3.79. The smallest absolute Gasteiger partial charge is 0.263 e. The van der Waals surface area contributed by atoms with E-state index in [-0.39, 0.29) is 29.1 Å². The lowest BCUT2D eigenvalue weighted by Gasteiger charge is -2.38. The van der Waals surface area contributed by atoms with Crippen molar-refractivity contribution in [1.29, 1.82) is 0 Å². The van der Waals surface area contributed by atoms with Crippen molar-refractivity contribution in [3.05, 3.63) is 90.0 Å². The Morgan fingerprint density at radius 2 is 1.33 bits per heavy atom. The van der Waals surface area contributed by atoms with Gasteiger partial charge >= 0.3 is 0 Å². The Morgan fingerprint density at radius 3 is 1.98 bits per heavy atom. The Balaban J connectivity index is 1.12. The summed E-state index contributed by atoms with van der Waals surface area (Å²) in [4.78, 5) is 59.3. The first-order chi connectivity index (χ1) is 29.9. The maximum Gasteiger partial charge on any atom is 0.263 e. The normalized spacial score (nSPS) is 21.2. The predicted molar refractivity (Wildman–Crippen MR) is 238 cm³/mol. The number of benzene rings is 3. The minimum absolute atomic E-state index is 0.148. The minimum Gasteiger partial charge on any atom is -0.494 e. The van der Waals surface area contributed by atoms with E-state index in [0.29, 0.717) is 96.0 Å². The molecule has 13 heteroatoms. The molecule has 322 valence electrons. The number of ether oxygens (including phenoxy) is 2. The van der Waals surface area contributed by atoms with Crippen LogP contribution >= 0.6 is 0 Å². The third-order valence-corrected chi connectivity index (χ3v) is 14.2. The van der Waals surface area contributed by atoms with Gasteiger partial charge in [-0.15, -0.1) is 0 Å². The molecule has 0 amide bonds. The van der Waals surface area contributed by atoms with Crippen molar-refractivity contribution >= 4 is 21.5 Å². The van der Waals surface area contributed by atoms with Gasteiger partial charge in [0.1, 0.15) is 0 Å². The van der Waals surface area contributed by atoms with E-state index in [0.717, 1.165) is 96.4 Å². The van der Waals surface area contributed by atoms with Crippen molar-refractivity contribution in [1.82, 2.24) is 28.7 Å². The van der Waals surface area contributed by atoms with Crippen LogP contribution in [-0.4, -0.2) is 139 Å². The van der Waals surface area contributed by atoms with E-state index in [4.69, 9.17) is 14.5 Å². The van der Waals surface area contributed by atoms with Crippen molar-refractivity contribution in [2.45, 2.75) is 58.2 Å². The molecule has 10 rings (SSSR count). The van der Waals surface area contributed by atoms with Gasteiger partial charge in [0.05, 0.1) is 54.7 Å².